The van der Waals surface area contributed by atoms with Crippen LogP contribution in [0, 0.1) is 11.6 Å². The Bertz CT molecular complexity index is 809. The van der Waals surface area contributed by atoms with Gasteiger partial charge in [0.2, 0.25) is 0 Å². The fourth-order valence-electron chi connectivity index (χ4n) is 2.44. The molecule has 2 aromatic rings. The van der Waals surface area contributed by atoms with E-state index in [-0.39, 0.29) is 12.1 Å². The van der Waals surface area contributed by atoms with Gasteiger partial charge in [-0.15, -0.1) is 0 Å². The first kappa shape index (κ1) is 16.8. The summed E-state index contributed by atoms with van der Waals surface area (Å²) in [6.07, 6.45) is 2.38. The zero-order valence-corrected chi connectivity index (χ0v) is 13.2. The molecule has 1 amide bonds. The highest BCUT2D eigenvalue weighted by Crippen LogP contribution is 2.16. The van der Waals surface area contributed by atoms with E-state index in [1.165, 1.54) is 0 Å². The van der Waals surface area contributed by atoms with Gasteiger partial charge in [-0.25, -0.2) is 18.8 Å². The highest BCUT2D eigenvalue weighted by Gasteiger charge is 2.17. The number of nitrogens with two attached hydrogens (primary N) is 1. The molecule has 3 rings (SSSR count). The van der Waals surface area contributed by atoms with Crippen molar-refractivity contribution in [3.8, 4) is 0 Å². The second-order valence-corrected chi connectivity index (χ2v) is 5.61. The van der Waals surface area contributed by atoms with Gasteiger partial charge in [0, 0.05) is 11.8 Å². The van der Waals surface area contributed by atoms with E-state index in [4.69, 9.17) is 10.5 Å². The monoisotopic (exact) mass is 346 g/mol. The number of aliphatic imine (C=N–C) groups is 1. The molecule has 8 heteroatoms. The number of carbonyl (C=O) groups excluding carboxylic acids is 1. The van der Waals surface area contributed by atoms with Gasteiger partial charge >= 0.3 is 0 Å². The summed E-state index contributed by atoms with van der Waals surface area (Å²) in [4.78, 5) is 19.6. The van der Waals surface area contributed by atoms with Gasteiger partial charge in [-0.3, -0.25) is 4.79 Å². The van der Waals surface area contributed by atoms with Gasteiger partial charge < -0.3 is 15.8 Å². The van der Waals surface area contributed by atoms with Gasteiger partial charge in [0.05, 0.1) is 12.2 Å². The second kappa shape index (κ2) is 7.25. The van der Waals surface area contributed by atoms with Gasteiger partial charge in [-0.2, -0.15) is 0 Å². The van der Waals surface area contributed by atoms with Crippen LogP contribution in [-0.4, -0.2) is 29.6 Å². The van der Waals surface area contributed by atoms with E-state index in [2.05, 4.69) is 15.3 Å². The minimum atomic E-state index is -1.01. The Balaban J connectivity index is 1.57. The third kappa shape index (κ3) is 4.28. The highest BCUT2D eigenvalue weighted by molar-refractivity contribution is 6.03. The Kier molecular flexibility index (Phi) is 4.87. The summed E-state index contributed by atoms with van der Waals surface area (Å²) in [6.45, 7) is 0.496. The SMILES string of the molecule is NC1=N[C@@H](CCc2ccc(NC(=O)c3ncc(F)cc3F)cc2)CO1. The Morgan fingerprint density at radius 1 is 1.32 bits per heavy atom. The molecule has 0 radical (unpaired) electrons. The van der Waals surface area contributed by atoms with Crippen molar-refractivity contribution in [2.45, 2.75) is 18.9 Å². The van der Waals surface area contributed by atoms with E-state index >= 15 is 0 Å². The first-order valence-corrected chi connectivity index (χ1v) is 7.68. The van der Waals surface area contributed by atoms with Crippen molar-refractivity contribution in [1.82, 2.24) is 4.98 Å². The molecule has 0 spiro atoms. The molecule has 130 valence electrons. The number of ether oxygens (including phenoxy) is 1. The summed E-state index contributed by atoms with van der Waals surface area (Å²) in [7, 11) is 0. The zero-order valence-electron chi connectivity index (χ0n) is 13.2. The predicted molar refractivity (Wildman–Crippen MR) is 88.2 cm³/mol. The fourth-order valence-corrected chi connectivity index (χ4v) is 2.44. The average Bonchev–Trinajstić information content (AvgIpc) is 2.99. The number of halogens is 2. The second-order valence-electron chi connectivity index (χ2n) is 5.61. The lowest BCUT2D eigenvalue weighted by Crippen LogP contribution is -2.16. The van der Waals surface area contributed by atoms with Crippen LogP contribution in [0.5, 0.6) is 0 Å². The normalized spacial score (nSPS) is 16.2. The Hall–Kier alpha value is -3.03. The molecule has 0 aliphatic carbocycles. The quantitative estimate of drug-likeness (QED) is 0.869. The predicted octanol–water partition coefficient (Wildman–Crippen LogP) is 2.26. The smallest absolute Gasteiger partial charge is 0.282 e. The average molecular weight is 346 g/mol. The number of amides is 1. The molecule has 0 bridgehead atoms. The van der Waals surface area contributed by atoms with Crippen molar-refractivity contribution in [1.29, 1.82) is 0 Å². The molecule has 1 aromatic heterocycles. The molecular formula is C17H16F2N4O2. The molecule has 1 aliphatic heterocycles. The number of nitrogens with one attached hydrogen (secondary N) is 1. The van der Waals surface area contributed by atoms with Crippen LogP contribution in [0.15, 0.2) is 41.5 Å². The minimum absolute atomic E-state index is 0.0619. The number of amidine groups is 1. The fraction of sp³-hybridized carbons (Fsp3) is 0.235. The number of carbonyl (C=O) groups is 1. The number of hydrogen-bond donors (Lipinski definition) is 2. The summed E-state index contributed by atoms with van der Waals surface area (Å²) >= 11 is 0. The van der Waals surface area contributed by atoms with E-state index < -0.39 is 23.2 Å². The Morgan fingerprint density at radius 3 is 2.72 bits per heavy atom. The molecule has 1 aromatic carbocycles. The molecule has 1 aliphatic rings. The van der Waals surface area contributed by atoms with E-state index in [9.17, 15) is 13.6 Å². The summed E-state index contributed by atoms with van der Waals surface area (Å²) in [6, 6.07) is 8.03. The van der Waals surface area contributed by atoms with Gasteiger partial charge in [-0.1, -0.05) is 12.1 Å². The molecule has 25 heavy (non-hydrogen) atoms. The first-order valence-electron chi connectivity index (χ1n) is 7.68. The van der Waals surface area contributed by atoms with Crippen molar-refractivity contribution in [2.24, 2.45) is 10.7 Å². The van der Waals surface area contributed by atoms with Crippen LogP contribution in [0.3, 0.4) is 0 Å². The maximum Gasteiger partial charge on any atom is 0.282 e. The lowest BCUT2D eigenvalue weighted by atomic mass is 10.1. The topological polar surface area (TPSA) is 89.6 Å². The summed E-state index contributed by atoms with van der Waals surface area (Å²) in [5.41, 5.74) is 6.56. The van der Waals surface area contributed by atoms with Crippen LogP contribution in [0.25, 0.3) is 0 Å². The molecular weight excluding hydrogens is 330 g/mol. The molecule has 0 unspecified atom stereocenters. The Morgan fingerprint density at radius 2 is 2.08 bits per heavy atom. The Labute approximate surface area is 142 Å². The van der Waals surface area contributed by atoms with Crippen molar-refractivity contribution >= 4 is 17.6 Å². The summed E-state index contributed by atoms with van der Waals surface area (Å²) in [5.74, 6) is -2.58. The third-order valence-electron chi connectivity index (χ3n) is 3.73. The molecule has 0 fully saturated rings. The van der Waals surface area contributed by atoms with Gasteiger partial charge in [0.1, 0.15) is 12.4 Å². The van der Waals surface area contributed by atoms with Crippen LogP contribution in [0.4, 0.5) is 14.5 Å². The number of aryl methyl sites for hydroxylation is 1. The number of aromatic nitrogens is 1. The van der Waals surface area contributed by atoms with E-state index in [0.717, 1.165) is 24.6 Å². The van der Waals surface area contributed by atoms with Crippen molar-refractivity contribution < 1.29 is 18.3 Å². The van der Waals surface area contributed by atoms with Crippen LogP contribution in [0.2, 0.25) is 0 Å². The highest BCUT2D eigenvalue weighted by atomic mass is 19.1. The molecule has 1 atom stereocenters. The van der Waals surface area contributed by atoms with Crippen molar-refractivity contribution in [3.63, 3.8) is 0 Å². The lowest BCUT2D eigenvalue weighted by Gasteiger charge is -2.08. The first-order chi connectivity index (χ1) is 12.0. The van der Waals surface area contributed by atoms with Crippen molar-refractivity contribution in [2.75, 3.05) is 11.9 Å². The largest absolute Gasteiger partial charge is 0.463 e. The molecule has 0 saturated heterocycles. The number of pyridine rings is 1. The number of benzene rings is 1. The number of nitrogens with zero attached hydrogens (tertiary/aromatic N) is 2. The van der Waals surface area contributed by atoms with E-state index in [1.54, 1.807) is 12.1 Å². The zero-order chi connectivity index (χ0) is 17.8. The molecule has 2 heterocycles. The van der Waals surface area contributed by atoms with Crippen LogP contribution < -0.4 is 11.1 Å². The summed E-state index contributed by atoms with van der Waals surface area (Å²) < 4.78 is 31.5. The van der Waals surface area contributed by atoms with Gasteiger partial charge in [-0.05, 0) is 30.5 Å². The van der Waals surface area contributed by atoms with Gasteiger partial charge in [0.15, 0.2) is 11.5 Å². The standard InChI is InChI=1S/C17H16F2N4O2/c18-11-7-14(19)15(21-8-11)16(24)22-12-4-1-10(2-5-12)3-6-13-9-25-17(20)23-13/h1-2,4-5,7-8,13H,3,6,9H2,(H2,20,23)(H,22,24)/t13-/m0/s1. The van der Waals surface area contributed by atoms with Crippen LogP contribution in [-0.2, 0) is 11.2 Å². The van der Waals surface area contributed by atoms with Crippen LogP contribution in [0.1, 0.15) is 22.5 Å². The van der Waals surface area contributed by atoms with E-state index in [1.807, 2.05) is 12.1 Å². The van der Waals surface area contributed by atoms with Crippen LogP contribution >= 0.6 is 0 Å². The lowest BCUT2D eigenvalue weighted by molar-refractivity contribution is 0.101. The maximum absolute atomic E-state index is 13.6. The third-order valence-corrected chi connectivity index (χ3v) is 3.73. The molecule has 3 N–H and O–H groups in total. The summed E-state index contributed by atoms with van der Waals surface area (Å²) in [5, 5.41) is 2.53. The molecule has 0 saturated carbocycles. The maximum atomic E-state index is 13.6. The number of anilines is 1. The number of rotatable bonds is 5. The number of hydrogen-bond acceptors (Lipinski definition) is 5. The van der Waals surface area contributed by atoms with Crippen molar-refractivity contribution in [3.05, 3.63) is 59.4 Å². The van der Waals surface area contributed by atoms with Gasteiger partial charge in [0.25, 0.3) is 11.9 Å². The minimum Gasteiger partial charge on any atom is -0.463 e. The molecule has 6 nitrogen and oxygen atoms in total. The van der Waals surface area contributed by atoms with E-state index in [0.29, 0.717) is 18.4 Å².